The normalized spacial score (nSPS) is 10.1. The highest BCUT2D eigenvalue weighted by Gasteiger charge is 2.07. The van der Waals surface area contributed by atoms with Crippen LogP contribution in [0, 0.1) is 0 Å². The molecule has 0 aliphatic carbocycles. The number of benzene rings is 2. The van der Waals surface area contributed by atoms with Crippen molar-refractivity contribution in [3.05, 3.63) is 71.8 Å². The Balaban J connectivity index is 2.30. The molecule has 0 aliphatic heterocycles. The van der Waals surface area contributed by atoms with Gasteiger partial charge in [0.15, 0.2) is 5.78 Å². The largest absolute Gasteiger partial charge is 0.377 e. The number of aliphatic imine (C=N–C) groups is 1. The number of carbonyl (C=O) groups excluding carboxylic acids is 1. The number of ketones is 1. The van der Waals surface area contributed by atoms with E-state index in [1.54, 1.807) is 0 Å². The Bertz CT molecular complexity index is 535. The molecule has 0 radical (unpaired) electrons. The number of Topliss-reactive ketones (excluding diaryl/α,β-unsaturated/α-hetero) is 1. The lowest BCUT2D eigenvalue weighted by Crippen LogP contribution is -2.13. The van der Waals surface area contributed by atoms with Gasteiger partial charge in [-0.3, -0.25) is 9.79 Å². The first-order valence-corrected chi connectivity index (χ1v) is 6.47. The zero-order chi connectivity index (χ0) is 14.2. The summed E-state index contributed by atoms with van der Waals surface area (Å²) in [5.41, 5.74) is 2.84. The van der Waals surface area contributed by atoms with E-state index in [1.165, 1.54) is 7.11 Å². The maximum atomic E-state index is 11.6. The van der Waals surface area contributed by atoms with Crippen molar-refractivity contribution in [3.8, 4) is 0 Å². The van der Waals surface area contributed by atoms with Crippen LogP contribution in [0.3, 0.4) is 0 Å². The van der Waals surface area contributed by atoms with E-state index < -0.39 is 0 Å². The Kier molecular flexibility index (Phi) is 5.21. The summed E-state index contributed by atoms with van der Waals surface area (Å²) in [5, 5.41) is 0. The number of carbonyl (C=O) groups is 1. The van der Waals surface area contributed by atoms with Gasteiger partial charge in [0.2, 0.25) is 0 Å². The summed E-state index contributed by atoms with van der Waals surface area (Å²) in [6.45, 7) is 0.229. The van der Waals surface area contributed by atoms with Crippen LogP contribution in [0.4, 0.5) is 0 Å². The second-order valence-corrected chi connectivity index (χ2v) is 4.37. The van der Waals surface area contributed by atoms with Crippen LogP contribution in [0.2, 0.25) is 0 Å². The van der Waals surface area contributed by atoms with Crippen LogP contribution in [-0.4, -0.2) is 31.8 Å². The van der Waals surface area contributed by atoms with Gasteiger partial charge in [-0.15, -0.1) is 0 Å². The van der Waals surface area contributed by atoms with Crippen LogP contribution in [0.25, 0.3) is 0 Å². The van der Waals surface area contributed by atoms with Crippen molar-refractivity contribution in [2.45, 2.75) is 0 Å². The molecule has 0 amide bonds. The molecule has 0 unspecified atom stereocenters. The summed E-state index contributed by atoms with van der Waals surface area (Å²) in [6.07, 6.45) is 0. The Hall–Kier alpha value is -2.26. The quantitative estimate of drug-likeness (QED) is 0.755. The van der Waals surface area contributed by atoms with E-state index in [0.717, 1.165) is 16.8 Å². The first kappa shape index (κ1) is 14.2. The third kappa shape index (κ3) is 3.87. The SMILES string of the molecule is COCC(=O)CN=C(c1ccccc1)c1ccccc1. The monoisotopic (exact) mass is 267 g/mol. The minimum absolute atomic E-state index is 0.0307. The molecule has 0 atom stereocenters. The molecule has 2 rings (SSSR count). The predicted molar refractivity (Wildman–Crippen MR) is 80.3 cm³/mol. The van der Waals surface area contributed by atoms with Gasteiger partial charge in [-0.1, -0.05) is 60.7 Å². The van der Waals surface area contributed by atoms with Crippen molar-refractivity contribution in [1.29, 1.82) is 0 Å². The standard InChI is InChI=1S/C17H17NO2/c1-20-13-16(19)12-18-17(14-8-4-2-5-9-14)15-10-6-3-7-11-15/h2-11H,12-13H2,1H3. The van der Waals surface area contributed by atoms with Gasteiger partial charge in [0.25, 0.3) is 0 Å². The fraction of sp³-hybridized carbons (Fsp3) is 0.176. The topological polar surface area (TPSA) is 38.7 Å². The first-order valence-electron chi connectivity index (χ1n) is 6.47. The Morgan fingerprint density at radius 3 is 1.90 bits per heavy atom. The van der Waals surface area contributed by atoms with Crippen LogP contribution < -0.4 is 0 Å². The van der Waals surface area contributed by atoms with Gasteiger partial charge in [-0.2, -0.15) is 0 Å². The molecule has 0 bridgehead atoms. The minimum atomic E-state index is -0.0307. The number of hydrogen-bond acceptors (Lipinski definition) is 3. The molecule has 2 aromatic rings. The van der Waals surface area contributed by atoms with Crippen molar-refractivity contribution >= 4 is 11.5 Å². The highest BCUT2D eigenvalue weighted by atomic mass is 16.5. The Morgan fingerprint density at radius 2 is 1.45 bits per heavy atom. The molecule has 0 heterocycles. The molecule has 0 saturated carbocycles. The zero-order valence-corrected chi connectivity index (χ0v) is 11.5. The van der Waals surface area contributed by atoms with Gasteiger partial charge in [0, 0.05) is 18.2 Å². The zero-order valence-electron chi connectivity index (χ0n) is 11.5. The van der Waals surface area contributed by atoms with Crippen molar-refractivity contribution in [1.82, 2.24) is 0 Å². The lowest BCUT2D eigenvalue weighted by Gasteiger charge is -2.07. The maximum absolute atomic E-state index is 11.6. The molecule has 2 aromatic carbocycles. The molecule has 20 heavy (non-hydrogen) atoms. The Labute approximate surface area is 118 Å². The summed E-state index contributed by atoms with van der Waals surface area (Å²) in [5.74, 6) is -0.0307. The van der Waals surface area contributed by atoms with Gasteiger partial charge < -0.3 is 4.74 Å². The Morgan fingerprint density at radius 1 is 0.950 bits per heavy atom. The second kappa shape index (κ2) is 7.36. The summed E-state index contributed by atoms with van der Waals surface area (Å²) < 4.78 is 4.83. The first-order chi connectivity index (χ1) is 9.81. The number of rotatable bonds is 6. The van der Waals surface area contributed by atoms with Crippen LogP contribution in [0.1, 0.15) is 11.1 Å². The van der Waals surface area contributed by atoms with E-state index >= 15 is 0 Å². The van der Waals surface area contributed by atoms with Gasteiger partial charge in [0.1, 0.15) is 13.2 Å². The van der Waals surface area contributed by atoms with E-state index in [0.29, 0.717) is 0 Å². The second-order valence-electron chi connectivity index (χ2n) is 4.37. The molecular formula is C17H17NO2. The highest BCUT2D eigenvalue weighted by molar-refractivity contribution is 6.13. The van der Waals surface area contributed by atoms with Crippen LogP contribution in [0.15, 0.2) is 65.7 Å². The lowest BCUT2D eigenvalue weighted by molar-refractivity contribution is -0.121. The summed E-state index contributed by atoms with van der Waals surface area (Å²) in [6, 6.07) is 19.7. The number of nitrogens with zero attached hydrogens (tertiary/aromatic N) is 1. The third-order valence-electron chi connectivity index (χ3n) is 2.81. The van der Waals surface area contributed by atoms with Crippen LogP contribution in [0.5, 0.6) is 0 Å². The molecule has 3 heteroatoms. The van der Waals surface area contributed by atoms with Crippen molar-refractivity contribution in [3.63, 3.8) is 0 Å². The van der Waals surface area contributed by atoms with Crippen molar-refractivity contribution < 1.29 is 9.53 Å². The molecule has 0 aliphatic rings. The molecule has 102 valence electrons. The van der Waals surface area contributed by atoms with Crippen LogP contribution >= 0.6 is 0 Å². The molecular weight excluding hydrogens is 250 g/mol. The average molecular weight is 267 g/mol. The minimum Gasteiger partial charge on any atom is -0.377 e. The summed E-state index contributed by atoms with van der Waals surface area (Å²) in [7, 11) is 1.51. The molecule has 3 nitrogen and oxygen atoms in total. The van der Waals surface area contributed by atoms with Crippen molar-refractivity contribution in [2.75, 3.05) is 20.3 Å². The van der Waals surface area contributed by atoms with E-state index in [9.17, 15) is 4.79 Å². The van der Waals surface area contributed by atoms with Gasteiger partial charge in [0.05, 0.1) is 5.71 Å². The molecule has 0 N–H and O–H groups in total. The highest BCUT2D eigenvalue weighted by Crippen LogP contribution is 2.10. The molecule has 0 fully saturated rings. The van der Waals surface area contributed by atoms with Gasteiger partial charge in [-0.25, -0.2) is 0 Å². The summed E-state index contributed by atoms with van der Waals surface area (Å²) in [4.78, 5) is 16.0. The van der Waals surface area contributed by atoms with E-state index in [-0.39, 0.29) is 18.9 Å². The molecule has 0 saturated heterocycles. The number of methoxy groups -OCH3 is 1. The van der Waals surface area contributed by atoms with E-state index in [1.807, 2.05) is 60.7 Å². The molecule has 0 aromatic heterocycles. The van der Waals surface area contributed by atoms with E-state index in [4.69, 9.17) is 4.74 Å². The fourth-order valence-corrected chi connectivity index (χ4v) is 1.92. The fourth-order valence-electron chi connectivity index (χ4n) is 1.92. The van der Waals surface area contributed by atoms with Gasteiger partial charge >= 0.3 is 0 Å². The lowest BCUT2D eigenvalue weighted by atomic mass is 10.0. The predicted octanol–water partition coefficient (Wildman–Crippen LogP) is 2.74. The smallest absolute Gasteiger partial charge is 0.179 e. The van der Waals surface area contributed by atoms with Gasteiger partial charge in [-0.05, 0) is 0 Å². The van der Waals surface area contributed by atoms with E-state index in [2.05, 4.69) is 4.99 Å². The number of hydrogen-bond donors (Lipinski definition) is 0. The van der Waals surface area contributed by atoms with Crippen LogP contribution in [-0.2, 0) is 9.53 Å². The average Bonchev–Trinajstić information content (AvgIpc) is 2.50. The summed E-state index contributed by atoms with van der Waals surface area (Å²) >= 11 is 0. The number of ether oxygens (including phenoxy) is 1. The molecule has 0 spiro atoms. The maximum Gasteiger partial charge on any atom is 0.179 e. The van der Waals surface area contributed by atoms with Crippen molar-refractivity contribution in [2.24, 2.45) is 4.99 Å². The third-order valence-corrected chi connectivity index (χ3v) is 2.81.